The van der Waals surface area contributed by atoms with Crippen molar-refractivity contribution in [1.29, 1.82) is 0 Å². The van der Waals surface area contributed by atoms with E-state index in [-0.39, 0.29) is 19.4 Å². The molecule has 1 amide bonds. The van der Waals surface area contributed by atoms with Gasteiger partial charge in [-0.3, -0.25) is 0 Å². The molecule has 5 nitrogen and oxygen atoms in total. The highest BCUT2D eigenvalue weighted by Gasteiger charge is 2.57. The number of carboxylic acid groups (broad SMARTS) is 1. The van der Waals surface area contributed by atoms with Crippen molar-refractivity contribution >= 4 is 12.1 Å². The molecule has 0 bridgehead atoms. The zero-order valence-corrected chi connectivity index (χ0v) is 11.1. The Morgan fingerprint density at radius 1 is 1.38 bits per heavy atom. The molecular weight excluding hydrogens is 284 g/mol. The Hall–Kier alpha value is -2.18. The van der Waals surface area contributed by atoms with Gasteiger partial charge >= 0.3 is 12.1 Å². The van der Waals surface area contributed by atoms with E-state index in [0.29, 0.717) is 0 Å². The predicted octanol–water partition coefficient (Wildman–Crippen LogP) is 2.41. The van der Waals surface area contributed by atoms with Gasteiger partial charge in [-0.2, -0.15) is 0 Å². The molecule has 0 aliphatic heterocycles. The Morgan fingerprint density at radius 3 is 2.52 bits per heavy atom. The first kappa shape index (κ1) is 15.2. The lowest BCUT2D eigenvalue weighted by atomic mass is 10.1. The van der Waals surface area contributed by atoms with E-state index in [1.165, 1.54) is 0 Å². The third-order valence-corrected chi connectivity index (χ3v) is 3.28. The number of hydrogen-bond donors (Lipinski definition) is 2. The van der Waals surface area contributed by atoms with Crippen LogP contribution in [-0.2, 0) is 16.1 Å². The summed E-state index contributed by atoms with van der Waals surface area (Å²) < 4.78 is 30.4. The fraction of sp³-hybridized carbons (Fsp3) is 0.429. The van der Waals surface area contributed by atoms with Gasteiger partial charge in [0.2, 0.25) is 0 Å². The Labute approximate surface area is 119 Å². The molecule has 7 heteroatoms. The van der Waals surface area contributed by atoms with Crippen molar-refractivity contribution in [2.75, 3.05) is 0 Å². The molecule has 1 aromatic rings. The molecule has 1 unspecified atom stereocenters. The fourth-order valence-corrected chi connectivity index (χ4v) is 1.94. The molecule has 1 saturated carbocycles. The number of nitrogens with one attached hydrogen (secondary N) is 1. The highest BCUT2D eigenvalue weighted by molar-refractivity contribution is 5.79. The number of hydrogen-bond acceptors (Lipinski definition) is 3. The summed E-state index contributed by atoms with van der Waals surface area (Å²) in [4.78, 5) is 22.5. The van der Waals surface area contributed by atoms with Crippen LogP contribution in [0.2, 0.25) is 0 Å². The molecule has 0 saturated heterocycles. The largest absolute Gasteiger partial charge is 0.480 e. The number of alkyl halides is 2. The number of carboxylic acids is 1. The van der Waals surface area contributed by atoms with Crippen molar-refractivity contribution in [3.8, 4) is 0 Å². The van der Waals surface area contributed by atoms with E-state index in [2.05, 4.69) is 5.32 Å². The molecule has 0 heterocycles. The molecular formula is C14H15F2NO4. The van der Waals surface area contributed by atoms with Gasteiger partial charge in [0.25, 0.3) is 5.92 Å². The number of benzene rings is 1. The third kappa shape index (κ3) is 4.40. The SMILES string of the molecule is O=C(N[C@H](CC1CC1(F)F)C(=O)O)OCc1ccccc1. The summed E-state index contributed by atoms with van der Waals surface area (Å²) in [6.45, 7) is -0.0153. The van der Waals surface area contributed by atoms with Gasteiger partial charge < -0.3 is 15.2 Å². The second-order valence-corrected chi connectivity index (χ2v) is 4.99. The normalized spacial score (nSPS) is 20.4. The summed E-state index contributed by atoms with van der Waals surface area (Å²) in [5, 5.41) is 11.0. The summed E-state index contributed by atoms with van der Waals surface area (Å²) >= 11 is 0. The molecule has 1 aliphatic rings. The van der Waals surface area contributed by atoms with E-state index in [1.807, 2.05) is 0 Å². The van der Waals surface area contributed by atoms with Crippen molar-refractivity contribution in [2.45, 2.75) is 31.4 Å². The van der Waals surface area contributed by atoms with E-state index in [9.17, 15) is 18.4 Å². The summed E-state index contributed by atoms with van der Waals surface area (Å²) in [7, 11) is 0. The molecule has 0 spiro atoms. The monoisotopic (exact) mass is 299 g/mol. The molecule has 1 aromatic carbocycles. The Kier molecular flexibility index (Phi) is 4.40. The maximum absolute atomic E-state index is 12.8. The van der Waals surface area contributed by atoms with Crippen LogP contribution in [0, 0.1) is 5.92 Å². The predicted molar refractivity (Wildman–Crippen MR) is 68.9 cm³/mol. The molecule has 1 fully saturated rings. The number of amides is 1. The Morgan fingerprint density at radius 2 is 2.00 bits per heavy atom. The zero-order valence-electron chi connectivity index (χ0n) is 11.1. The maximum Gasteiger partial charge on any atom is 0.408 e. The van der Waals surface area contributed by atoms with Crippen LogP contribution in [0.3, 0.4) is 0 Å². The topological polar surface area (TPSA) is 75.6 Å². The lowest BCUT2D eigenvalue weighted by Gasteiger charge is -2.14. The van der Waals surface area contributed by atoms with Gasteiger partial charge in [0, 0.05) is 12.3 Å². The molecule has 2 atom stereocenters. The summed E-state index contributed by atoms with van der Waals surface area (Å²) in [5.74, 6) is -5.16. The van der Waals surface area contributed by atoms with Crippen LogP contribution in [0.1, 0.15) is 18.4 Å². The van der Waals surface area contributed by atoms with Crippen LogP contribution in [0.4, 0.5) is 13.6 Å². The zero-order chi connectivity index (χ0) is 15.5. The lowest BCUT2D eigenvalue weighted by Crippen LogP contribution is -2.41. The average Bonchev–Trinajstić information content (AvgIpc) is 3.04. The summed E-state index contributed by atoms with van der Waals surface area (Å²) in [6, 6.07) is 7.46. The van der Waals surface area contributed by atoms with Crippen molar-refractivity contribution in [3.63, 3.8) is 0 Å². The summed E-state index contributed by atoms with van der Waals surface area (Å²) in [6.07, 6.45) is -1.57. The number of rotatable bonds is 6. The van der Waals surface area contributed by atoms with E-state index in [4.69, 9.17) is 9.84 Å². The average molecular weight is 299 g/mol. The second kappa shape index (κ2) is 6.07. The van der Waals surface area contributed by atoms with Crippen LogP contribution in [0.15, 0.2) is 30.3 Å². The van der Waals surface area contributed by atoms with Crippen molar-refractivity contribution in [1.82, 2.24) is 5.32 Å². The van der Waals surface area contributed by atoms with Gasteiger partial charge in [0.15, 0.2) is 0 Å². The second-order valence-electron chi connectivity index (χ2n) is 4.99. The minimum Gasteiger partial charge on any atom is -0.480 e. The smallest absolute Gasteiger partial charge is 0.408 e. The minimum absolute atomic E-state index is 0.0153. The molecule has 1 aliphatic carbocycles. The van der Waals surface area contributed by atoms with E-state index >= 15 is 0 Å². The van der Waals surface area contributed by atoms with E-state index in [0.717, 1.165) is 5.56 Å². The van der Waals surface area contributed by atoms with Crippen molar-refractivity contribution in [2.24, 2.45) is 5.92 Å². The number of halogens is 2. The van der Waals surface area contributed by atoms with Gasteiger partial charge in [-0.15, -0.1) is 0 Å². The number of aliphatic carboxylic acids is 1. The van der Waals surface area contributed by atoms with E-state index < -0.39 is 29.9 Å². The maximum atomic E-state index is 12.8. The van der Waals surface area contributed by atoms with Gasteiger partial charge in [0.1, 0.15) is 12.6 Å². The molecule has 0 aromatic heterocycles. The van der Waals surface area contributed by atoms with Gasteiger partial charge in [0.05, 0.1) is 0 Å². The first-order chi connectivity index (χ1) is 9.88. The van der Waals surface area contributed by atoms with Crippen molar-refractivity contribution in [3.05, 3.63) is 35.9 Å². The highest BCUT2D eigenvalue weighted by Crippen LogP contribution is 2.51. The number of ether oxygens (including phenoxy) is 1. The molecule has 21 heavy (non-hydrogen) atoms. The number of carbonyl (C=O) groups is 2. The van der Waals surface area contributed by atoms with Gasteiger partial charge in [-0.25, -0.2) is 18.4 Å². The van der Waals surface area contributed by atoms with Crippen LogP contribution in [0.25, 0.3) is 0 Å². The lowest BCUT2D eigenvalue weighted by molar-refractivity contribution is -0.139. The molecule has 0 radical (unpaired) electrons. The first-order valence-corrected chi connectivity index (χ1v) is 6.46. The fourth-order valence-electron chi connectivity index (χ4n) is 1.94. The van der Waals surface area contributed by atoms with Crippen LogP contribution in [0.5, 0.6) is 0 Å². The minimum atomic E-state index is -2.82. The van der Waals surface area contributed by atoms with Crippen LogP contribution >= 0.6 is 0 Å². The Balaban J connectivity index is 1.80. The quantitative estimate of drug-likeness (QED) is 0.846. The van der Waals surface area contributed by atoms with E-state index in [1.54, 1.807) is 30.3 Å². The molecule has 114 valence electrons. The standard InChI is InChI=1S/C14H15F2NO4/c15-14(16)7-10(14)6-11(12(18)19)17-13(20)21-8-9-4-2-1-3-5-9/h1-5,10-11H,6-8H2,(H,17,20)(H,18,19)/t10?,11-/m1/s1. The molecule has 2 rings (SSSR count). The number of alkyl carbamates (subject to hydrolysis) is 1. The first-order valence-electron chi connectivity index (χ1n) is 6.46. The summed E-state index contributed by atoms with van der Waals surface area (Å²) in [5.41, 5.74) is 0.744. The van der Waals surface area contributed by atoms with Crippen LogP contribution in [-0.4, -0.2) is 29.1 Å². The van der Waals surface area contributed by atoms with Gasteiger partial charge in [-0.05, 0) is 12.0 Å². The van der Waals surface area contributed by atoms with Gasteiger partial charge in [-0.1, -0.05) is 30.3 Å². The third-order valence-electron chi connectivity index (χ3n) is 3.28. The van der Waals surface area contributed by atoms with Crippen molar-refractivity contribution < 1.29 is 28.2 Å². The number of carbonyl (C=O) groups excluding carboxylic acids is 1. The Bertz CT molecular complexity index is 521. The highest BCUT2D eigenvalue weighted by atomic mass is 19.3. The molecule has 2 N–H and O–H groups in total. The van der Waals surface area contributed by atoms with Crippen LogP contribution < -0.4 is 5.32 Å².